The van der Waals surface area contributed by atoms with Crippen molar-refractivity contribution in [1.29, 1.82) is 0 Å². The van der Waals surface area contributed by atoms with Crippen molar-refractivity contribution < 1.29 is 4.39 Å². The van der Waals surface area contributed by atoms with Gasteiger partial charge in [0.2, 0.25) is 0 Å². The number of aryl methyl sites for hydroxylation is 1. The third-order valence-electron chi connectivity index (χ3n) is 2.96. The number of nitrogen functional groups attached to an aromatic ring is 1. The van der Waals surface area contributed by atoms with Crippen molar-refractivity contribution in [2.75, 3.05) is 5.73 Å². The molecule has 0 radical (unpaired) electrons. The highest BCUT2D eigenvalue weighted by atomic mass is 79.9. The molecule has 0 aliphatic heterocycles. The zero-order chi connectivity index (χ0) is 14.0. The van der Waals surface area contributed by atoms with Gasteiger partial charge in [-0.15, -0.1) is 0 Å². The first-order valence-electron chi connectivity index (χ1n) is 5.66. The quantitative estimate of drug-likeness (QED) is 0.598. The molecule has 1 unspecified atom stereocenters. The zero-order valence-electron chi connectivity index (χ0n) is 10.3. The van der Waals surface area contributed by atoms with Crippen LogP contribution in [0.25, 0.3) is 0 Å². The van der Waals surface area contributed by atoms with Gasteiger partial charge in [0.15, 0.2) is 0 Å². The van der Waals surface area contributed by atoms with E-state index in [1.54, 1.807) is 18.3 Å². The molecule has 2 aromatic rings. The number of pyridine rings is 1. The third kappa shape index (κ3) is 2.75. The summed E-state index contributed by atoms with van der Waals surface area (Å²) in [6.07, 6.45) is 1.61. The second kappa shape index (κ2) is 5.64. The van der Waals surface area contributed by atoms with Gasteiger partial charge in [0.1, 0.15) is 11.6 Å². The number of nitrogens with one attached hydrogen (secondary N) is 1. The number of hydrogen-bond acceptors (Lipinski definition) is 4. The molecule has 100 valence electrons. The summed E-state index contributed by atoms with van der Waals surface area (Å²) in [6, 6.07) is 5.95. The van der Waals surface area contributed by atoms with Crippen molar-refractivity contribution in [2.45, 2.75) is 13.0 Å². The van der Waals surface area contributed by atoms with E-state index in [1.165, 1.54) is 6.07 Å². The smallest absolute Gasteiger partial charge is 0.128 e. The van der Waals surface area contributed by atoms with E-state index in [4.69, 9.17) is 11.6 Å². The van der Waals surface area contributed by atoms with Crippen LogP contribution >= 0.6 is 15.9 Å². The molecule has 1 atom stereocenters. The molecule has 0 aliphatic carbocycles. The van der Waals surface area contributed by atoms with E-state index in [2.05, 4.69) is 26.3 Å². The summed E-state index contributed by atoms with van der Waals surface area (Å²) in [5, 5.41) is 0. The van der Waals surface area contributed by atoms with Gasteiger partial charge in [0.05, 0.1) is 6.04 Å². The van der Waals surface area contributed by atoms with Crippen LogP contribution in [0.1, 0.15) is 22.7 Å². The van der Waals surface area contributed by atoms with Crippen molar-refractivity contribution in [2.24, 2.45) is 5.84 Å². The van der Waals surface area contributed by atoms with Gasteiger partial charge < -0.3 is 5.73 Å². The fraction of sp³-hybridized carbons (Fsp3) is 0.154. The minimum absolute atomic E-state index is 0.335. The highest BCUT2D eigenvalue weighted by molar-refractivity contribution is 9.10. The van der Waals surface area contributed by atoms with E-state index in [0.717, 1.165) is 10.0 Å². The number of halogens is 2. The minimum atomic E-state index is -0.550. The molecule has 1 aromatic heterocycles. The Labute approximate surface area is 119 Å². The first kappa shape index (κ1) is 13.9. The predicted octanol–water partition coefficient (Wildman–Crippen LogP) is 2.43. The van der Waals surface area contributed by atoms with E-state index < -0.39 is 6.04 Å². The molecule has 0 bridgehead atoms. The summed E-state index contributed by atoms with van der Waals surface area (Å²) in [4.78, 5) is 4.03. The maximum atomic E-state index is 14.0. The second-order valence-electron chi connectivity index (χ2n) is 4.19. The maximum Gasteiger partial charge on any atom is 0.128 e. The Balaban J connectivity index is 2.59. The number of rotatable bonds is 3. The molecule has 0 aliphatic rings. The standard InChI is InChI=1S/C13H14BrFN4/c1-7-4-5-18-13(16)11(7)12(19-17)9-6-8(14)2-3-10(9)15/h2-6,12,19H,17H2,1H3,(H2,16,18). The van der Waals surface area contributed by atoms with Gasteiger partial charge in [-0.05, 0) is 36.8 Å². The highest BCUT2D eigenvalue weighted by Gasteiger charge is 2.21. The lowest BCUT2D eigenvalue weighted by atomic mass is 9.96. The number of aromatic nitrogens is 1. The van der Waals surface area contributed by atoms with Gasteiger partial charge >= 0.3 is 0 Å². The average Bonchev–Trinajstić information content (AvgIpc) is 2.37. The molecule has 6 heteroatoms. The average molecular weight is 325 g/mol. The van der Waals surface area contributed by atoms with E-state index in [-0.39, 0.29) is 5.82 Å². The predicted molar refractivity (Wildman–Crippen MR) is 76.7 cm³/mol. The van der Waals surface area contributed by atoms with Crippen LogP contribution in [0, 0.1) is 12.7 Å². The molecular weight excluding hydrogens is 311 g/mol. The SMILES string of the molecule is Cc1ccnc(N)c1C(NN)c1cc(Br)ccc1F. The number of hydrazine groups is 1. The Kier molecular flexibility index (Phi) is 4.14. The lowest BCUT2D eigenvalue weighted by Gasteiger charge is -2.21. The molecule has 2 rings (SSSR count). The third-order valence-corrected chi connectivity index (χ3v) is 3.46. The van der Waals surface area contributed by atoms with Gasteiger partial charge in [-0.25, -0.2) is 14.8 Å². The molecule has 5 N–H and O–H groups in total. The van der Waals surface area contributed by atoms with Crippen LogP contribution < -0.4 is 17.0 Å². The number of benzene rings is 1. The maximum absolute atomic E-state index is 14.0. The van der Waals surface area contributed by atoms with Gasteiger partial charge in [-0.3, -0.25) is 5.84 Å². The minimum Gasteiger partial charge on any atom is -0.383 e. The van der Waals surface area contributed by atoms with Gasteiger partial charge in [0, 0.05) is 21.8 Å². The Bertz CT molecular complexity index is 583. The Morgan fingerprint density at radius 3 is 2.74 bits per heavy atom. The monoisotopic (exact) mass is 324 g/mol. The van der Waals surface area contributed by atoms with Gasteiger partial charge in [-0.2, -0.15) is 0 Å². The van der Waals surface area contributed by atoms with Crippen molar-refractivity contribution in [1.82, 2.24) is 10.4 Å². The zero-order valence-corrected chi connectivity index (χ0v) is 11.9. The fourth-order valence-electron chi connectivity index (χ4n) is 2.03. The van der Waals surface area contributed by atoms with E-state index >= 15 is 0 Å². The lowest BCUT2D eigenvalue weighted by molar-refractivity contribution is 0.558. The summed E-state index contributed by atoms with van der Waals surface area (Å²) in [7, 11) is 0. The van der Waals surface area contributed by atoms with Crippen LogP contribution in [0.2, 0.25) is 0 Å². The molecule has 0 fully saturated rings. The van der Waals surface area contributed by atoms with Crippen LogP contribution in [-0.2, 0) is 0 Å². The summed E-state index contributed by atoms with van der Waals surface area (Å²) < 4.78 is 14.7. The first-order chi connectivity index (χ1) is 9.04. The Morgan fingerprint density at radius 1 is 1.37 bits per heavy atom. The molecule has 0 amide bonds. The van der Waals surface area contributed by atoms with E-state index in [9.17, 15) is 4.39 Å². The molecule has 0 spiro atoms. The first-order valence-corrected chi connectivity index (χ1v) is 6.46. The van der Waals surface area contributed by atoms with Crippen molar-refractivity contribution in [3.05, 3.63) is 57.4 Å². The largest absolute Gasteiger partial charge is 0.383 e. The number of anilines is 1. The molecule has 1 heterocycles. The number of nitrogens with zero attached hydrogens (tertiary/aromatic N) is 1. The van der Waals surface area contributed by atoms with Crippen LogP contribution in [0.4, 0.5) is 10.2 Å². The molecule has 4 nitrogen and oxygen atoms in total. The van der Waals surface area contributed by atoms with Crippen LogP contribution in [-0.4, -0.2) is 4.98 Å². The highest BCUT2D eigenvalue weighted by Crippen LogP contribution is 2.30. The van der Waals surface area contributed by atoms with Crippen LogP contribution in [0.3, 0.4) is 0 Å². The molecular formula is C13H14BrFN4. The normalized spacial score (nSPS) is 12.4. The second-order valence-corrected chi connectivity index (χ2v) is 5.11. The topological polar surface area (TPSA) is 77.0 Å². The fourth-order valence-corrected chi connectivity index (χ4v) is 2.41. The Hall–Kier alpha value is -1.50. The van der Waals surface area contributed by atoms with E-state index in [1.807, 2.05) is 13.0 Å². The summed E-state index contributed by atoms with van der Waals surface area (Å²) in [5.41, 5.74) is 10.5. The summed E-state index contributed by atoms with van der Waals surface area (Å²) >= 11 is 3.32. The van der Waals surface area contributed by atoms with Crippen LogP contribution in [0.15, 0.2) is 34.9 Å². The summed E-state index contributed by atoms with van der Waals surface area (Å²) in [5.74, 6) is 5.56. The molecule has 19 heavy (non-hydrogen) atoms. The van der Waals surface area contributed by atoms with Crippen molar-refractivity contribution in [3.8, 4) is 0 Å². The van der Waals surface area contributed by atoms with Gasteiger partial charge in [0.25, 0.3) is 0 Å². The van der Waals surface area contributed by atoms with E-state index in [0.29, 0.717) is 16.9 Å². The summed E-state index contributed by atoms with van der Waals surface area (Å²) in [6.45, 7) is 1.88. The van der Waals surface area contributed by atoms with Crippen LogP contribution in [0.5, 0.6) is 0 Å². The Morgan fingerprint density at radius 2 is 2.11 bits per heavy atom. The van der Waals surface area contributed by atoms with Crippen molar-refractivity contribution >= 4 is 21.7 Å². The molecule has 0 saturated carbocycles. The lowest BCUT2D eigenvalue weighted by Crippen LogP contribution is -2.31. The number of hydrogen-bond donors (Lipinski definition) is 3. The molecule has 0 saturated heterocycles. The van der Waals surface area contributed by atoms with Gasteiger partial charge in [-0.1, -0.05) is 15.9 Å². The number of nitrogens with two attached hydrogens (primary N) is 2. The van der Waals surface area contributed by atoms with Crippen molar-refractivity contribution in [3.63, 3.8) is 0 Å². The molecule has 1 aromatic carbocycles.